The molecule has 1 aliphatic heterocycles. The Balaban J connectivity index is 1.35. The molecule has 0 saturated carbocycles. The first-order valence-corrected chi connectivity index (χ1v) is 10.6. The number of fused-ring (bicyclic) bond motifs is 1. The van der Waals surface area contributed by atoms with Crippen LogP contribution in [0.3, 0.4) is 0 Å². The smallest absolute Gasteiger partial charge is 0.252 e. The van der Waals surface area contributed by atoms with Gasteiger partial charge in [0.25, 0.3) is 5.78 Å². The minimum Gasteiger partial charge on any atom is -0.298 e. The molecule has 1 fully saturated rings. The van der Waals surface area contributed by atoms with Crippen LogP contribution in [0.4, 0.5) is 0 Å². The average molecular weight is 399 g/mol. The Bertz CT molecular complexity index is 1170. The summed E-state index contributed by atoms with van der Waals surface area (Å²) in [5, 5.41) is 4.42. The van der Waals surface area contributed by atoms with Crippen molar-refractivity contribution in [3.63, 3.8) is 0 Å². The molecule has 6 nitrogen and oxygen atoms in total. The molecule has 4 heterocycles. The molecule has 0 spiro atoms. The zero-order valence-electron chi connectivity index (χ0n) is 17.5. The number of nitrogens with zero attached hydrogens (tertiary/aromatic N) is 6. The van der Waals surface area contributed by atoms with Crippen LogP contribution in [0.2, 0.25) is 0 Å². The summed E-state index contributed by atoms with van der Waals surface area (Å²) in [6, 6.07) is 13.1. The lowest BCUT2D eigenvalue weighted by Crippen LogP contribution is -2.34. The van der Waals surface area contributed by atoms with E-state index in [1.807, 2.05) is 23.8 Å². The van der Waals surface area contributed by atoms with E-state index in [-0.39, 0.29) is 0 Å². The second kappa shape index (κ2) is 7.95. The molecule has 1 aliphatic rings. The Morgan fingerprint density at radius 2 is 1.90 bits per heavy atom. The fourth-order valence-corrected chi connectivity index (χ4v) is 4.53. The molecule has 6 heteroatoms. The van der Waals surface area contributed by atoms with Gasteiger partial charge in [-0.05, 0) is 73.7 Å². The van der Waals surface area contributed by atoms with Gasteiger partial charge < -0.3 is 0 Å². The summed E-state index contributed by atoms with van der Waals surface area (Å²) in [6.07, 6.45) is 7.66. The standard InChI is InChI=1S/C24H26N6/c1-17-12-20(19-7-9-25-10-8-19)5-6-21(17)14-29-11-3-4-22(15-29)23-13-18(2)28-24-26-16-27-30(23)24/h5-10,12-13,16,22H,3-4,11,14-15H2,1-2H3. The molecule has 1 atom stereocenters. The van der Waals surface area contributed by atoms with Gasteiger partial charge in [-0.25, -0.2) is 9.50 Å². The van der Waals surface area contributed by atoms with Crippen molar-refractivity contribution in [3.05, 3.63) is 77.6 Å². The second-order valence-corrected chi connectivity index (χ2v) is 8.25. The number of piperidine rings is 1. The third-order valence-corrected chi connectivity index (χ3v) is 6.08. The molecule has 30 heavy (non-hydrogen) atoms. The first kappa shape index (κ1) is 18.9. The molecule has 152 valence electrons. The van der Waals surface area contributed by atoms with Gasteiger partial charge in [-0.1, -0.05) is 18.2 Å². The molecule has 5 rings (SSSR count). The number of aromatic nitrogens is 5. The Kier molecular flexibility index (Phi) is 5.01. The fraction of sp³-hybridized carbons (Fsp3) is 0.333. The summed E-state index contributed by atoms with van der Waals surface area (Å²) in [5.74, 6) is 1.14. The van der Waals surface area contributed by atoms with Crippen molar-refractivity contribution in [2.75, 3.05) is 13.1 Å². The highest BCUT2D eigenvalue weighted by Gasteiger charge is 2.24. The molecule has 0 bridgehead atoms. The van der Waals surface area contributed by atoms with Gasteiger partial charge in [0.1, 0.15) is 6.33 Å². The van der Waals surface area contributed by atoms with Gasteiger partial charge in [0.05, 0.1) is 5.69 Å². The van der Waals surface area contributed by atoms with Gasteiger partial charge >= 0.3 is 0 Å². The molecule has 1 aromatic carbocycles. The molecule has 1 unspecified atom stereocenters. The van der Waals surface area contributed by atoms with E-state index in [1.54, 1.807) is 6.33 Å². The normalized spacial score (nSPS) is 17.5. The first-order valence-electron chi connectivity index (χ1n) is 10.6. The summed E-state index contributed by atoms with van der Waals surface area (Å²) in [5.41, 5.74) is 7.42. The van der Waals surface area contributed by atoms with Gasteiger partial charge in [0, 0.05) is 37.1 Å². The van der Waals surface area contributed by atoms with E-state index in [1.165, 1.54) is 40.8 Å². The monoisotopic (exact) mass is 398 g/mol. The van der Waals surface area contributed by atoms with Crippen molar-refractivity contribution >= 4 is 5.78 Å². The third-order valence-electron chi connectivity index (χ3n) is 6.08. The SMILES string of the molecule is Cc1cc(C2CCCN(Cc3ccc(-c4ccncc4)cc3C)C2)n2ncnc2n1. The lowest BCUT2D eigenvalue weighted by atomic mass is 9.93. The predicted molar refractivity (Wildman–Crippen MR) is 117 cm³/mol. The van der Waals surface area contributed by atoms with Gasteiger partial charge in [-0.15, -0.1) is 0 Å². The number of benzene rings is 1. The Morgan fingerprint density at radius 1 is 1.03 bits per heavy atom. The third kappa shape index (κ3) is 3.71. The summed E-state index contributed by atoms with van der Waals surface area (Å²) in [7, 11) is 0. The van der Waals surface area contributed by atoms with Crippen LogP contribution >= 0.6 is 0 Å². The van der Waals surface area contributed by atoms with Gasteiger partial charge in [-0.3, -0.25) is 9.88 Å². The van der Waals surface area contributed by atoms with Gasteiger partial charge in [0.2, 0.25) is 0 Å². The molecule has 1 saturated heterocycles. The molecule has 4 aromatic rings. The molecule has 0 radical (unpaired) electrons. The van der Waals surface area contributed by atoms with E-state index in [0.29, 0.717) is 11.7 Å². The lowest BCUT2D eigenvalue weighted by Gasteiger charge is -2.33. The van der Waals surface area contributed by atoms with Crippen LogP contribution in [0.25, 0.3) is 16.9 Å². The van der Waals surface area contributed by atoms with E-state index >= 15 is 0 Å². The van der Waals surface area contributed by atoms with Crippen LogP contribution in [-0.4, -0.2) is 42.6 Å². The maximum absolute atomic E-state index is 4.49. The minimum atomic E-state index is 0.445. The number of likely N-dealkylation sites (tertiary alicyclic amines) is 1. The highest BCUT2D eigenvalue weighted by Crippen LogP contribution is 2.29. The maximum Gasteiger partial charge on any atom is 0.252 e. The summed E-state index contributed by atoms with van der Waals surface area (Å²) < 4.78 is 1.91. The highest BCUT2D eigenvalue weighted by molar-refractivity contribution is 5.64. The van der Waals surface area contributed by atoms with Crippen LogP contribution < -0.4 is 0 Å². The Morgan fingerprint density at radius 3 is 2.73 bits per heavy atom. The van der Waals surface area contributed by atoms with E-state index in [0.717, 1.165) is 25.3 Å². The van der Waals surface area contributed by atoms with Crippen molar-refractivity contribution in [1.29, 1.82) is 0 Å². The Labute approximate surface area is 176 Å². The van der Waals surface area contributed by atoms with Crippen LogP contribution in [0.15, 0.2) is 55.1 Å². The van der Waals surface area contributed by atoms with Crippen molar-refractivity contribution in [2.24, 2.45) is 0 Å². The van der Waals surface area contributed by atoms with E-state index in [4.69, 9.17) is 0 Å². The zero-order valence-corrected chi connectivity index (χ0v) is 17.5. The Hall–Kier alpha value is -3.12. The van der Waals surface area contributed by atoms with Gasteiger partial charge in [0.15, 0.2) is 0 Å². The van der Waals surface area contributed by atoms with Crippen molar-refractivity contribution < 1.29 is 0 Å². The predicted octanol–water partition coefficient (Wildman–Crippen LogP) is 4.18. The van der Waals surface area contributed by atoms with E-state index < -0.39 is 0 Å². The summed E-state index contributed by atoms with van der Waals surface area (Å²) >= 11 is 0. The van der Waals surface area contributed by atoms with Gasteiger partial charge in [-0.2, -0.15) is 10.1 Å². The topological polar surface area (TPSA) is 59.2 Å². The highest BCUT2D eigenvalue weighted by atomic mass is 15.3. The maximum atomic E-state index is 4.49. The number of hydrogen-bond acceptors (Lipinski definition) is 5. The minimum absolute atomic E-state index is 0.445. The molecule has 0 N–H and O–H groups in total. The largest absolute Gasteiger partial charge is 0.298 e. The fourth-order valence-electron chi connectivity index (χ4n) is 4.53. The van der Waals surface area contributed by atoms with Crippen LogP contribution in [-0.2, 0) is 6.54 Å². The number of hydrogen-bond donors (Lipinski definition) is 0. The quantitative estimate of drug-likeness (QED) is 0.516. The van der Waals surface area contributed by atoms with Crippen LogP contribution in [0.5, 0.6) is 0 Å². The second-order valence-electron chi connectivity index (χ2n) is 8.25. The van der Waals surface area contributed by atoms with Crippen molar-refractivity contribution in [1.82, 2.24) is 29.5 Å². The molecule has 0 amide bonds. The number of aryl methyl sites for hydroxylation is 2. The number of pyridine rings is 1. The van der Waals surface area contributed by atoms with Crippen LogP contribution in [0, 0.1) is 13.8 Å². The molecular weight excluding hydrogens is 372 g/mol. The zero-order chi connectivity index (χ0) is 20.5. The van der Waals surface area contributed by atoms with E-state index in [2.05, 4.69) is 68.3 Å². The number of rotatable bonds is 4. The van der Waals surface area contributed by atoms with Crippen LogP contribution in [0.1, 0.15) is 41.3 Å². The first-order chi connectivity index (χ1) is 14.7. The summed E-state index contributed by atoms with van der Waals surface area (Å²) in [6.45, 7) is 7.39. The average Bonchev–Trinajstić information content (AvgIpc) is 3.24. The van der Waals surface area contributed by atoms with Crippen molar-refractivity contribution in [3.8, 4) is 11.1 Å². The van der Waals surface area contributed by atoms with Crippen molar-refractivity contribution in [2.45, 2.75) is 39.2 Å². The molecular formula is C24H26N6. The lowest BCUT2D eigenvalue weighted by molar-refractivity contribution is 0.197. The van der Waals surface area contributed by atoms with E-state index in [9.17, 15) is 0 Å². The summed E-state index contributed by atoms with van der Waals surface area (Å²) in [4.78, 5) is 15.5. The molecule has 0 aliphatic carbocycles. The molecule has 3 aromatic heterocycles.